The zero-order valence-corrected chi connectivity index (χ0v) is 22.0. The van der Waals surface area contributed by atoms with Gasteiger partial charge in [-0.1, -0.05) is 72.8 Å². The van der Waals surface area contributed by atoms with Gasteiger partial charge in [-0.25, -0.2) is 4.79 Å². The Bertz CT molecular complexity index is 1160. The molecule has 38 heavy (non-hydrogen) atoms. The van der Waals surface area contributed by atoms with Gasteiger partial charge in [0.05, 0.1) is 5.69 Å². The highest BCUT2D eigenvalue weighted by Crippen LogP contribution is 2.10. The maximum atomic E-state index is 13.6. The number of carbonyl (C=O) groups is 2. The first kappa shape index (κ1) is 27.1. The SMILES string of the molecule is CN1CCN(C(=O)N[C@@H](Cc2ccccc2)C(=O)N[C@H](/C=C/c2ccccn2)CCc2ccccc2)CC1. The van der Waals surface area contributed by atoms with E-state index in [1.807, 2.05) is 78.9 Å². The van der Waals surface area contributed by atoms with Crippen molar-refractivity contribution in [1.29, 1.82) is 0 Å². The molecule has 0 saturated carbocycles. The molecule has 4 rings (SSSR count). The molecule has 7 nitrogen and oxygen atoms in total. The molecule has 2 N–H and O–H groups in total. The van der Waals surface area contributed by atoms with Crippen LogP contribution < -0.4 is 10.6 Å². The van der Waals surface area contributed by atoms with Gasteiger partial charge in [0.15, 0.2) is 0 Å². The Morgan fingerprint density at radius 3 is 2.18 bits per heavy atom. The summed E-state index contributed by atoms with van der Waals surface area (Å²) in [6, 6.07) is 24.7. The Balaban J connectivity index is 1.48. The van der Waals surface area contributed by atoms with E-state index in [4.69, 9.17) is 0 Å². The van der Waals surface area contributed by atoms with E-state index in [1.165, 1.54) is 5.56 Å². The van der Waals surface area contributed by atoms with E-state index >= 15 is 0 Å². The average Bonchev–Trinajstić information content (AvgIpc) is 2.96. The molecular weight excluding hydrogens is 474 g/mol. The second-order valence-corrected chi connectivity index (χ2v) is 9.74. The molecule has 1 fully saturated rings. The molecule has 2 atom stereocenters. The molecule has 1 aliphatic rings. The Morgan fingerprint density at radius 2 is 1.53 bits per heavy atom. The third kappa shape index (κ3) is 8.56. The summed E-state index contributed by atoms with van der Waals surface area (Å²) in [6.07, 6.45) is 7.64. The van der Waals surface area contributed by atoms with E-state index < -0.39 is 6.04 Å². The van der Waals surface area contributed by atoms with Gasteiger partial charge >= 0.3 is 6.03 Å². The maximum Gasteiger partial charge on any atom is 0.318 e. The van der Waals surface area contributed by atoms with Crippen LogP contribution in [0, 0.1) is 0 Å². The van der Waals surface area contributed by atoms with E-state index in [0.29, 0.717) is 19.5 Å². The van der Waals surface area contributed by atoms with Gasteiger partial charge in [0, 0.05) is 44.8 Å². The van der Waals surface area contributed by atoms with Crippen molar-refractivity contribution in [2.45, 2.75) is 31.3 Å². The Kier molecular flexibility index (Phi) is 10.0. The first-order valence-electron chi connectivity index (χ1n) is 13.3. The number of nitrogens with zero attached hydrogens (tertiary/aromatic N) is 3. The van der Waals surface area contributed by atoms with Crippen LogP contribution in [0.4, 0.5) is 4.79 Å². The number of hydrogen-bond donors (Lipinski definition) is 2. The lowest BCUT2D eigenvalue weighted by Crippen LogP contribution is -2.56. The lowest BCUT2D eigenvalue weighted by molar-refractivity contribution is -0.123. The predicted molar refractivity (Wildman–Crippen MR) is 152 cm³/mol. The topological polar surface area (TPSA) is 77.6 Å². The molecule has 1 saturated heterocycles. The maximum absolute atomic E-state index is 13.6. The number of rotatable bonds is 10. The van der Waals surface area contributed by atoms with E-state index in [9.17, 15) is 9.59 Å². The van der Waals surface area contributed by atoms with Gasteiger partial charge in [0.1, 0.15) is 6.04 Å². The van der Waals surface area contributed by atoms with E-state index in [-0.39, 0.29) is 18.0 Å². The van der Waals surface area contributed by atoms with Crippen LogP contribution in [0.25, 0.3) is 6.08 Å². The molecule has 0 radical (unpaired) electrons. The number of piperazine rings is 1. The monoisotopic (exact) mass is 511 g/mol. The zero-order chi connectivity index (χ0) is 26.6. The van der Waals surface area contributed by atoms with Crippen LogP contribution in [0.5, 0.6) is 0 Å². The molecule has 2 aromatic carbocycles. The zero-order valence-electron chi connectivity index (χ0n) is 22.0. The number of benzene rings is 2. The van der Waals surface area contributed by atoms with Crippen molar-refractivity contribution in [3.05, 3.63) is 108 Å². The third-order valence-corrected chi connectivity index (χ3v) is 6.79. The number of carbonyl (C=O) groups excluding carboxylic acids is 2. The van der Waals surface area contributed by atoms with Crippen LogP contribution in [0.3, 0.4) is 0 Å². The van der Waals surface area contributed by atoms with Crippen molar-refractivity contribution < 1.29 is 9.59 Å². The quantitative estimate of drug-likeness (QED) is 0.434. The smallest absolute Gasteiger partial charge is 0.318 e. The summed E-state index contributed by atoms with van der Waals surface area (Å²) in [4.78, 5) is 35.1. The van der Waals surface area contributed by atoms with Gasteiger partial charge in [-0.3, -0.25) is 9.78 Å². The summed E-state index contributed by atoms with van der Waals surface area (Å²) in [5.74, 6) is -0.194. The number of likely N-dealkylation sites (N-methyl/N-ethyl adjacent to an activating group) is 1. The van der Waals surface area contributed by atoms with Gasteiger partial charge in [0.2, 0.25) is 5.91 Å². The third-order valence-electron chi connectivity index (χ3n) is 6.79. The van der Waals surface area contributed by atoms with Crippen LogP contribution >= 0.6 is 0 Å². The first-order chi connectivity index (χ1) is 18.6. The molecule has 1 aromatic heterocycles. The molecule has 1 aliphatic heterocycles. The predicted octanol–water partition coefficient (Wildman–Crippen LogP) is 3.78. The van der Waals surface area contributed by atoms with Crippen molar-refractivity contribution in [2.24, 2.45) is 0 Å². The van der Waals surface area contributed by atoms with Crippen LogP contribution in [-0.4, -0.2) is 72.0 Å². The van der Waals surface area contributed by atoms with Gasteiger partial charge in [-0.2, -0.15) is 0 Å². The van der Waals surface area contributed by atoms with Crippen LogP contribution in [-0.2, 0) is 17.6 Å². The minimum absolute atomic E-state index is 0.194. The number of pyridine rings is 1. The van der Waals surface area contributed by atoms with Crippen molar-refractivity contribution in [3.63, 3.8) is 0 Å². The number of aromatic nitrogens is 1. The highest BCUT2D eigenvalue weighted by Gasteiger charge is 2.27. The number of hydrogen-bond acceptors (Lipinski definition) is 4. The summed E-state index contributed by atoms with van der Waals surface area (Å²) >= 11 is 0. The molecule has 0 bridgehead atoms. The number of urea groups is 1. The Labute approximate surface area is 225 Å². The summed E-state index contributed by atoms with van der Waals surface area (Å²) in [5, 5.41) is 6.22. The molecule has 0 spiro atoms. The van der Waals surface area contributed by atoms with Crippen LogP contribution in [0.1, 0.15) is 23.2 Å². The van der Waals surface area contributed by atoms with Crippen LogP contribution in [0.2, 0.25) is 0 Å². The number of aryl methyl sites for hydroxylation is 1. The normalized spacial score (nSPS) is 15.7. The second-order valence-electron chi connectivity index (χ2n) is 9.74. The molecule has 2 heterocycles. The van der Waals surface area contributed by atoms with Gasteiger partial charge < -0.3 is 20.4 Å². The molecule has 0 aliphatic carbocycles. The lowest BCUT2D eigenvalue weighted by atomic mass is 10.0. The fourth-order valence-electron chi connectivity index (χ4n) is 4.46. The molecule has 0 unspecified atom stereocenters. The van der Waals surface area contributed by atoms with Gasteiger partial charge in [0.25, 0.3) is 0 Å². The Hall–Kier alpha value is -3.97. The van der Waals surface area contributed by atoms with Crippen molar-refractivity contribution in [3.8, 4) is 0 Å². The lowest BCUT2D eigenvalue weighted by Gasteiger charge is -2.33. The van der Waals surface area contributed by atoms with Crippen molar-refractivity contribution >= 4 is 18.0 Å². The van der Waals surface area contributed by atoms with Crippen molar-refractivity contribution in [1.82, 2.24) is 25.4 Å². The fourth-order valence-corrected chi connectivity index (χ4v) is 4.46. The molecule has 3 aromatic rings. The van der Waals surface area contributed by atoms with E-state index in [2.05, 4.69) is 39.7 Å². The summed E-state index contributed by atoms with van der Waals surface area (Å²) in [6.45, 7) is 2.94. The first-order valence-corrected chi connectivity index (χ1v) is 13.3. The molecule has 198 valence electrons. The fraction of sp³-hybridized carbons (Fsp3) is 0.323. The minimum Gasteiger partial charge on any atom is -0.348 e. The molecule has 3 amide bonds. The standard InChI is InChI=1S/C31H37N5O2/c1-35-20-22-36(23-21-35)31(38)34-29(24-26-12-6-3-7-13-26)30(37)33-28(16-15-25-10-4-2-5-11-25)18-17-27-14-8-9-19-32-27/h2-14,17-19,28-29H,15-16,20-24H2,1H3,(H,33,37)(H,34,38)/b18-17+/t28-,29-/m0/s1. The highest BCUT2D eigenvalue weighted by molar-refractivity contribution is 5.87. The van der Waals surface area contributed by atoms with Gasteiger partial charge in [-0.15, -0.1) is 0 Å². The minimum atomic E-state index is -0.688. The largest absolute Gasteiger partial charge is 0.348 e. The summed E-state index contributed by atoms with van der Waals surface area (Å²) in [7, 11) is 2.05. The van der Waals surface area contributed by atoms with E-state index in [0.717, 1.165) is 37.2 Å². The number of nitrogens with one attached hydrogen (secondary N) is 2. The van der Waals surface area contributed by atoms with Crippen molar-refractivity contribution in [2.75, 3.05) is 33.2 Å². The second kappa shape index (κ2) is 14.1. The Morgan fingerprint density at radius 1 is 0.868 bits per heavy atom. The average molecular weight is 512 g/mol. The summed E-state index contributed by atoms with van der Waals surface area (Å²) in [5.41, 5.74) is 3.04. The molecular formula is C31H37N5O2. The number of amides is 3. The van der Waals surface area contributed by atoms with Crippen LogP contribution in [0.15, 0.2) is 91.1 Å². The highest BCUT2D eigenvalue weighted by atomic mass is 16.2. The van der Waals surface area contributed by atoms with E-state index in [1.54, 1.807) is 11.1 Å². The summed E-state index contributed by atoms with van der Waals surface area (Å²) < 4.78 is 0. The van der Waals surface area contributed by atoms with Gasteiger partial charge in [-0.05, 0) is 49.2 Å². The molecule has 7 heteroatoms.